The Bertz CT molecular complexity index is 789. The molecule has 1 fully saturated rings. The second-order valence-electron chi connectivity index (χ2n) is 5.86. The molecule has 4 rings (SSSR count). The summed E-state index contributed by atoms with van der Waals surface area (Å²) in [5.74, 6) is 1.96. The van der Waals surface area contributed by atoms with Crippen molar-refractivity contribution in [3.8, 4) is 11.4 Å². The Morgan fingerprint density at radius 2 is 1.77 bits per heavy atom. The lowest BCUT2D eigenvalue weighted by molar-refractivity contribution is 0.575. The molecular formula is C18H19N3S. The van der Waals surface area contributed by atoms with Gasteiger partial charge in [-0.05, 0) is 32.3 Å². The predicted molar refractivity (Wildman–Crippen MR) is 93.7 cm³/mol. The largest absolute Gasteiger partial charge is 0.356 e. The molecule has 0 bridgehead atoms. The van der Waals surface area contributed by atoms with E-state index in [0.717, 1.165) is 35.1 Å². The molecule has 1 aromatic carbocycles. The number of thiophene rings is 1. The first-order valence-electron chi connectivity index (χ1n) is 7.90. The van der Waals surface area contributed by atoms with Crippen molar-refractivity contribution in [3.63, 3.8) is 0 Å². The Balaban J connectivity index is 1.89. The number of piperidine rings is 1. The first-order chi connectivity index (χ1) is 10.8. The highest BCUT2D eigenvalue weighted by Crippen LogP contribution is 2.33. The van der Waals surface area contributed by atoms with Gasteiger partial charge in [0.25, 0.3) is 0 Å². The summed E-state index contributed by atoms with van der Waals surface area (Å²) in [6.07, 6.45) is 3.85. The summed E-state index contributed by atoms with van der Waals surface area (Å²) in [6, 6.07) is 12.5. The molecule has 0 amide bonds. The molecule has 1 aliphatic heterocycles. The minimum absolute atomic E-state index is 0.843. The van der Waals surface area contributed by atoms with Crippen LogP contribution < -0.4 is 4.90 Å². The van der Waals surface area contributed by atoms with E-state index in [9.17, 15) is 0 Å². The summed E-state index contributed by atoms with van der Waals surface area (Å²) in [7, 11) is 0. The van der Waals surface area contributed by atoms with Gasteiger partial charge in [0.05, 0.1) is 5.39 Å². The fourth-order valence-corrected chi connectivity index (χ4v) is 3.96. The van der Waals surface area contributed by atoms with Gasteiger partial charge in [-0.3, -0.25) is 0 Å². The molecule has 3 heterocycles. The van der Waals surface area contributed by atoms with Crippen LogP contribution in [0.1, 0.15) is 24.1 Å². The van der Waals surface area contributed by atoms with E-state index in [4.69, 9.17) is 9.97 Å². The minimum atomic E-state index is 0.843. The van der Waals surface area contributed by atoms with Crippen molar-refractivity contribution >= 4 is 27.4 Å². The van der Waals surface area contributed by atoms with Crippen molar-refractivity contribution in [1.82, 2.24) is 9.97 Å². The number of aryl methyl sites for hydroxylation is 1. The molecule has 22 heavy (non-hydrogen) atoms. The zero-order valence-electron chi connectivity index (χ0n) is 12.7. The van der Waals surface area contributed by atoms with E-state index in [0.29, 0.717) is 0 Å². The number of hydrogen-bond donors (Lipinski definition) is 0. The molecule has 0 saturated carbocycles. The minimum Gasteiger partial charge on any atom is -0.356 e. The van der Waals surface area contributed by atoms with E-state index < -0.39 is 0 Å². The third-order valence-electron chi connectivity index (χ3n) is 4.18. The van der Waals surface area contributed by atoms with Crippen molar-refractivity contribution in [2.75, 3.05) is 18.0 Å². The van der Waals surface area contributed by atoms with Crippen LogP contribution >= 0.6 is 11.3 Å². The molecule has 2 aromatic heterocycles. The number of hydrogen-bond acceptors (Lipinski definition) is 4. The third kappa shape index (κ3) is 2.48. The van der Waals surface area contributed by atoms with Crippen molar-refractivity contribution in [3.05, 3.63) is 41.3 Å². The highest BCUT2D eigenvalue weighted by atomic mass is 32.1. The maximum Gasteiger partial charge on any atom is 0.163 e. The maximum atomic E-state index is 4.93. The van der Waals surface area contributed by atoms with Crippen LogP contribution in [-0.2, 0) is 0 Å². The van der Waals surface area contributed by atoms with Gasteiger partial charge in [0.1, 0.15) is 10.6 Å². The monoisotopic (exact) mass is 309 g/mol. The van der Waals surface area contributed by atoms with Gasteiger partial charge >= 0.3 is 0 Å². The van der Waals surface area contributed by atoms with Gasteiger partial charge in [-0.15, -0.1) is 11.3 Å². The van der Waals surface area contributed by atoms with E-state index in [1.807, 2.05) is 18.2 Å². The number of anilines is 1. The molecule has 3 nitrogen and oxygen atoms in total. The van der Waals surface area contributed by atoms with E-state index >= 15 is 0 Å². The molecule has 0 radical (unpaired) electrons. The smallest absolute Gasteiger partial charge is 0.163 e. The van der Waals surface area contributed by atoms with Crippen LogP contribution in [0.25, 0.3) is 21.6 Å². The lowest BCUT2D eigenvalue weighted by Gasteiger charge is -2.28. The van der Waals surface area contributed by atoms with Crippen LogP contribution in [0, 0.1) is 6.92 Å². The van der Waals surface area contributed by atoms with Gasteiger partial charge in [0, 0.05) is 23.5 Å². The number of aromatic nitrogens is 2. The summed E-state index contributed by atoms with van der Waals surface area (Å²) >= 11 is 1.76. The predicted octanol–water partition coefficient (Wildman–Crippen LogP) is 4.66. The van der Waals surface area contributed by atoms with Crippen LogP contribution in [0.3, 0.4) is 0 Å². The summed E-state index contributed by atoms with van der Waals surface area (Å²) in [4.78, 5) is 14.6. The van der Waals surface area contributed by atoms with E-state index in [1.54, 1.807) is 11.3 Å². The zero-order chi connectivity index (χ0) is 14.9. The van der Waals surface area contributed by atoms with Crippen molar-refractivity contribution in [1.29, 1.82) is 0 Å². The molecule has 0 atom stereocenters. The molecule has 0 aliphatic carbocycles. The average molecular weight is 309 g/mol. The molecule has 1 saturated heterocycles. The second kappa shape index (κ2) is 5.69. The Labute approximate surface area is 134 Å². The van der Waals surface area contributed by atoms with Crippen molar-refractivity contribution in [2.24, 2.45) is 0 Å². The lowest BCUT2D eigenvalue weighted by Crippen LogP contribution is -2.30. The first-order valence-corrected chi connectivity index (χ1v) is 8.71. The Morgan fingerprint density at radius 3 is 2.55 bits per heavy atom. The van der Waals surface area contributed by atoms with Crippen LogP contribution in [0.4, 0.5) is 5.82 Å². The molecule has 3 aromatic rings. The van der Waals surface area contributed by atoms with Crippen LogP contribution in [0.2, 0.25) is 0 Å². The van der Waals surface area contributed by atoms with Crippen LogP contribution in [-0.4, -0.2) is 23.1 Å². The second-order valence-corrected chi connectivity index (χ2v) is 7.10. The van der Waals surface area contributed by atoms with Gasteiger partial charge in [-0.25, -0.2) is 9.97 Å². The van der Waals surface area contributed by atoms with Gasteiger partial charge in [0.15, 0.2) is 5.82 Å². The summed E-state index contributed by atoms with van der Waals surface area (Å²) in [5, 5.41) is 1.21. The quantitative estimate of drug-likeness (QED) is 0.689. The molecule has 1 aliphatic rings. The number of rotatable bonds is 2. The topological polar surface area (TPSA) is 29.0 Å². The van der Waals surface area contributed by atoms with E-state index in [1.165, 1.54) is 29.5 Å². The normalized spacial score (nSPS) is 15.4. The van der Waals surface area contributed by atoms with Crippen LogP contribution in [0.5, 0.6) is 0 Å². The fourth-order valence-electron chi connectivity index (χ4n) is 3.09. The summed E-state index contributed by atoms with van der Waals surface area (Å²) in [6.45, 7) is 4.36. The third-order valence-corrected chi connectivity index (χ3v) is 5.13. The Kier molecular flexibility index (Phi) is 3.54. The van der Waals surface area contributed by atoms with E-state index in [-0.39, 0.29) is 0 Å². The lowest BCUT2D eigenvalue weighted by atomic mass is 10.1. The first kappa shape index (κ1) is 13.7. The van der Waals surface area contributed by atoms with Gasteiger partial charge in [-0.2, -0.15) is 0 Å². The summed E-state index contributed by atoms with van der Waals surface area (Å²) in [5.41, 5.74) is 1.09. The summed E-state index contributed by atoms with van der Waals surface area (Å²) < 4.78 is 0. The Morgan fingerprint density at radius 1 is 1.00 bits per heavy atom. The van der Waals surface area contributed by atoms with Gasteiger partial charge in [0.2, 0.25) is 0 Å². The number of benzene rings is 1. The highest BCUT2D eigenvalue weighted by Gasteiger charge is 2.18. The molecular weight excluding hydrogens is 290 g/mol. The molecule has 0 unspecified atom stereocenters. The average Bonchev–Trinajstić information content (AvgIpc) is 2.95. The van der Waals surface area contributed by atoms with Gasteiger partial charge < -0.3 is 4.90 Å². The molecule has 112 valence electrons. The van der Waals surface area contributed by atoms with Crippen molar-refractivity contribution < 1.29 is 0 Å². The molecule has 0 spiro atoms. The zero-order valence-corrected chi connectivity index (χ0v) is 13.6. The SMILES string of the molecule is Cc1cc2c(N3CCCCC3)nc(-c3ccccc3)nc2s1. The number of nitrogens with zero attached hydrogens (tertiary/aromatic N) is 3. The number of fused-ring (bicyclic) bond motifs is 1. The fraction of sp³-hybridized carbons (Fsp3) is 0.333. The van der Waals surface area contributed by atoms with E-state index in [2.05, 4.69) is 30.0 Å². The highest BCUT2D eigenvalue weighted by molar-refractivity contribution is 7.18. The Hall–Kier alpha value is -1.94. The van der Waals surface area contributed by atoms with Crippen LogP contribution in [0.15, 0.2) is 36.4 Å². The van der Waals surface area contributed by atoms with Crippen molar-refractivity contribution in [2.45, 2.75) is 26.2 Å². The van der Waals surface area contributed by atoms with Gasteiger partial charge in [-0.1, -0.05) is 30.3 Å². The maximum absolute atomic E-state index is 4.93. The molecule has 0 N–H and O–H groups in total. The molecule has 4 heteroatoms. The standard InChI is InChI=1S/C18H19N3S/c1-13-12-15-17(21-10-6-3-7-11-21)19-16(20-18(15)22-13)14-8-4-2-5-9-14/h2,4-5,8-9,12H,3,6-7,10-11H2,1H3.